The Hall–Kier alpha value is -0.610. The fourth-order valence-electron chi connectivity index (χ4n) is 1.93. The first-order chi connectivity index (χ1) is 7.50. The Balaban J connectivity index is 2.22. The zero-order valence-corrected chi connectivity index (χ0v) is 10.7. The molecule has 16 heavy (non-hydrogen) atoms. The van der Waals surface area contributed by atoms with Gasteiger partial charge in [0, 0.05) is 6.54 Å². The van der Waals surface area contributed by atoms with E-state index >= 15 is 0 Å². The summed E-state index contributed by atoms with van der Waals surface area (Å²) in [5.74, 6) is 0.825. The zero-order valence-electron chi connectivity index (χ0n) is 10.7. The molecule has 0 radical (unpaired) electrons. The van der Waals surface area contributed by atoms with Gasteiger partial charge >= 0.3 is 0 Å². The third-order valence-electron chi connectivity index (χ3n) is 3.42. The highest BCUT2D eigenvalue weighted by molar-refractivity contribution is 5.81. The van der Waals surface area contributed by atoms with Crippen LogP contribution in [0.4, 0.5) is 0 Å². The normalized spacial score (nSPS) is 21.1. The molecule has 0 aromatic carbocycles. The Morgan fingerprint density at radius 3 is 2.50 bits per heavy atom. The van der Waals surface area contributed by atoms with Crippen molar-refractivity contribution in [3.05, 3.63) is 0 Å². The standard InChI is InChI=1S/C12H25N3O/c1-9(2)11(13)12(16)14-8-10-4-6-15(3)7-5-10/h9-11H,4-8,13H2,1-3H3,(H,14,16). The Bertz CT molecular complexity index is 222. The second-order valence-electron chi connectivity index (χ2n) is 5.26. The van der Waals surface area contributed by atoms with Crippen LogP contribution in [0.5, 0.6) is 0 Å². The number of nitrogens with zero attached hydrogens (tertiary/aromatic N) is 1. The maximum atomic E-state index is 11.6. The van der Waals surface area contributed by atoms with Crippen molar-refractivity contribution < 1.29 is 4.79 Å². The fourth-order valence-corrected chi connectivity index (χ4v) is 1.93. The number of carbonyl (C=O) groups excluding carboxylic acids is 1. The van der Waals surface area contributed by atoms with E-state index in [1.807, 2.05) is 13.8 Å². The number of nitrogens with two attached hydrogens (primary N) is 1. The summed E-state index contributed by atoms with van der Waals surface area (Å²) < 4.78 is 0. The van der Waals surface area contributed by atoms with E-state index in [4.69, 9.17) is 5.73 Å². The molecule has 4 heteroatoms. The molecule has 1 atom stereocenters. The minimum Gasteiger partial charge on any atom is -0.354 e. The van der Waals surface area contributed by atoms with Crippen LogP contribution in [0.15, 0.2) is 0 Å². The molecule has 4 nitrogen and oxygen atoms in total. The van der Waals surface area contributed by atoms with Crippen LogP contribution in [0.25, 0.3) is 0 Å². The molecule has 0 spiro atoms. The third kappa shape index (κ3) is 4.10. The van der Waals surface area contributed by atoms with E-state index in [1.165, 1.54) is 12.8 Å². The number of piperidine rings is 1. The molecule has 1 saturated heterocycles. The van der Waals surface area contributed by atoms with Crippen molar-refractivity contribution in [1.29, 1.82) is 0 Å². The number of rotatable bonds is 4. The lowest BCUT2D eigenvalue weighted by atomic mass is 9.96. The molecular formula is C12H25N3O. The largest absolute Gasteiger partial charge is 0.354 e. The van der Waals surface area contributed by atoms with Gasteiger partial charge in [-0.3, -0.25) is 4.79 Å². The lowest BCUT2D eigenvalue weighted by Gasteiger charge is -2.29. The number of hydrogen-bond donors (Lipinski definition) is 2. The van der Waals surface area contributed by atoms with Crippen LogP contribution in [0, 0.1) is 11.8 Å². The fraction of sp³-hybridized carbons (Fsp3) is 0.917. The molecule has 0 bridgehead atoms. The predicted octanol–water partition coefficient (Wildman–Crippen LogP) is 0.428. The quantitative estimate of drug-likeness (QED) is 0.732. The molecule has 1 amide bonds. The Morgan fingerprint density at radius 2 is 2.00 bits per heavy atom. The van der Waals surface area contributed by atoms with Gasteiger partial charge in [0.25, 0.3) is 0 Å². The highest BCUT2D eigenvalue weighted by Crippen LogP contribution is 2.14. The maximum Gasteiger partial charge on any atom is 0.237 e. The van der Waals surface area contributed by atoms with E-state index in [0.29, 0.717) is 5.92 Å². The third-order valence-corrected chi connectivity index (χ3v) is 3.42. The van der Waals surface area contributed by atoms with Crippen LogP contribution < -0.4 is 11.1 Å². The number of amides is 1. The minimum absolute atomic E-state index is 0.00562. The van der Waals surface area contributed by atoms with Gasteiger partial charge in [-0.1, -0.05) is 13.8 Å². The van der Waals surface area contributed by atoms with Crippen molar-refractivity contribution in [2.75, 3.05) is 26.7 Å². The molecule has 0 aromatic rings. The van der Waals surface area contributed by atoms with Gasteiger partial charge in [-0.25, -0.2) is 0 Å². The van der Waals surface area contributed by atoms with E-state index in [0.717, 1.165) is 19.6 Å². The summed E-state index contributed by atoms with van der Waals surface area (Å²) in [5.41, 5.74) is 5.78. The SMILES string of the molecule is CC(C)C(N)C(=O)NCC1CCN(C)CC1. The molecule has 94 valence electrons. The van der Waals surface area contributed by atoms with Crippen LogP contribution in [0.1, 0.15) is 26.7 Å². The first kappa shape index (κ1) is 13.5. The van der Waals surface area contributed by atoms with Crippen molar-refractivity contribution >= 4 is 5.91 Å². The highest BCUT2D eigenvalue weighted by atomic mass is 16.2. The molecule has 1 aliphatic rings. The van der Waals surface area contributed by atoms with E-state index in [2.05, 4.69) is 17.3 Å². The van der Waals surface area contributed by atoms with E-state index in [1.54, 1.807) is 0 Å². The number of nitrogens with one attached hydrogen (secondary N) is 1. The lowest BCUT2D eigenvalue weighted by Crippen LogP contribution is -2.46. The van der Waals surface area contributed by atoms with Crippen LogP contribution in [0.3, 0.4) is 0 Å². The lowest BCUT2D eigenvalue weighted by molar-refractivity contribution is -0.123. The molecule has 1 unspecified atom stereocenters. The zero-order chi connectivity index (χ0) is 12.1. The van der Waals surface area contributed by atoms with E-state index in [-0.39, 0.29) is 17.9 Å². The monoisotopic (exact) mass is 227 g/mol. The van der Waals surface area contributed by atoms with Gasteiger partial charge in [-0.15, -0.1) is 0 Å². The van der Waals surface area contributed by atoms with E-state index in [9.17, 15) is 4.79 Å². The average molecular weight is 227 g/mol. The summed E-state index contributed by atoms with van der Waals surface area (Å²) in [7, 11) is 2.14. The second kappa shape index (κ2) is 6.21. The van der Waals surface area contributed by atoms with Gasteiger partial charge < -0.3 is 16.0 Å². The van der Waals surface area contributed by atoms with Crippen molar-refractivity contribution in [1.82, 2.24) is 10.2 Å². The molecule has 1 fully saturated rings. The van der Waals surface area contributed by atoms with Crippen molar-refractivity contribution in [2.24, 2.45) is 17.6 Å². The van der Waals surface area contributed by atoms with Gasteiger partial charge in [0.05, 0.1) is 6.04 Å². The molecule has 1 aliphatic heterocycles. The molecule has 0 aliphatic carbocycles. The van der Waals surface area contributed by atoms with Gasteiger partial charge in [0.2, 0.25) is 5.91 Å². The van der Waals surface area contributed by atoms with Crippen LogP contribution in [-0.2, 0) is 4.79 Å². The first-order valence-corrected chi connectivity index (χ1v) is 6.22. The van der Waals surface area contributed by atoms with Crippen molar-refractivity contribution in [3.8, 4) is 0 Å². The minimum atomic E-state index is -0.369. The molecular weight excluding hydrogens is 202 g/mol. The Kier molecular flexibility index (Phi) is 5.22. The summed E-state index contributed by atoms with van der Waals surface area (Å²) in [6.45, 7) is 7.00. The highest BCUT2D eigenvalue weighted by Gasteiger charge is 2.20. The van der Waals surface area contributed by atoms with Gasteiger partial charge in [-0.2, -0.15) is 0 Å². The number of carbonyl (C=O) groups is 1. The smallest absolute Gasteiger partial charge is 0.237 e. The number of hydrogen-bond acceptors (Lipinski definition) is 3. The van der Waals surface area contributed by atoms with Gasteiger partial charge in [0.1, 0.15) is 0 Å². The topological polar surface area (TPSA) is 58.4 Å². The van der Waals surface area contributed by atoms with Crippen LogP contribution in [0.2, 0.25) is 0 Å². The van der Waals surface area contributed by atoms with Gasteiger partial charge in [-0.05, 0) is 44.8 Å². The molecule has 0 aromatic heterocycles. The molecule has 0 saturated carbocycles. The molecule has 1 heterocycles. The second-order valence-corrected chi connectivity index (χ2v) is 5.26. The maximum absolute atomic E-state index is 11.6. The predicted molar refractivity (Wildman–Crippen MR) is 66.0 cm³/mol. The summed E-state index contributed by atoms with van der Waals surface area (Å²) in [6, 6.07) is -0.369. The average Bonchev–Trinajstić information content (AvgIpc) is 2.26. The Morgan fingerprint density at radius 1 is 1.44 bits per heavy atom. The number of likely N-dealkylation sites (tertiary alicyclic amines) is 1. The first-order valence-electron chi connectivity index (χ1n) is 6.22. The molecule has 3 N–H and O–H groups in total. The van der Waals surface area contributed by atoms with Crippen molar-refractivity contribution in [2.45, 2.75) is 32.7 Å². The summed E-state index contributed by atoms with van der Waals surface area (Å²) in [6.07, 6.45) is 2.35. The van der Waals surface area contributed by atoms with Gasteiger partial charge in [0.15, 0.2) is 0 Å². The summed E-state index contributed by atoms with van der Waals surface area (Å²) >= 11 is 0. The van der Waals surface area contributed by atoms with E-state index < -0.39 is 0 Å². The summed E-state index contributed by atoms with van der Waals surface area (Å²) in [4.78, 5) is 14.0. The summed E-state index contributed by atoms with van der Waals surface area (Å²) in [5, 5.41) is 2.97. The Labute approximate surface area is 98.6 Å². The van der Waals surface area contributed by atoms with Crippen LogP contribution >= 0.6 is 0 Å². The van der Waals surface area contributed by atoms with Crippen LogP contribution in [-0.4, -0.2) is 43.5 Å². The van der Waals surface area contributed by atoms with Crippen molar-refractivity contribution in [3.63, 3.8) is 0 Å². The molecule has 1 rings (SSSR count).